The predicted molar refractivity (Wildman–Crippen MR) is 84.8 cm³/mol. The summed E-state index contributed by atoms with van der Waals surface area (Å²) in [6.45, 7) is 7.47. The zero-order valence-corrected chi connectivity index (χ0v) is 12.9. The zero-order chi connectivity index (χ0) is 15.0. The zero-order valence-electron chi connectivity index (χ0n) is 12.9. The highest BCUT2D eigenvalue weighted by molar-refractivity contribution is 5.89. The Morgan fingerprint density at radius 1 is 1.20 bits per heavy atom. The van der Waals surface area contributed by atoms with Crippen molar-refractivity contribution in [3.8, 4) is 0 Å². The van der Waals surface area contributed by atoms with E-state index in [-0.39, 0.29) is 11.6 Å². The Labute approximate surface area is 122 Å². The maximum Gasteiger partial charge on any atom is 0.322 e. The standard InChI is InChI=1S/C16H27N3O/c1-4-12-19(16(5-2,6-3)13-17)15(20)18-14-10-8-7-9-11-14/h7-11H,4-6,12-13,17H2,1-3H3,(H,18,20). The number of urea groups is 1. The second kappa shape index (κ2) is 7.90. The molecule has 0 fully saturated rings. The number of amides is 2. The van der Waals surface area contributed by atoms with Crippen LogP contribution in [0.3, 0.4) is 0 Å². The van der Waals surface area contributed by atoms with E-state index in [1.165, 1.54) is 0 Å². The Kier molecular flexibility index (Phi) is 6.52. The third-order valence-corrected chi connectivity index (χ3v) is 3.99. The maximum atomic E-state index is 12.6. The quantitative estimate of drug-likeness (QED) is 0.802. The molecule has 1 rings (SSSR count). The van der Waals surface area contributed by atoms with Gasteiger partial charge >= 0.3 is 6.03 Å². The molecular formula is C16H27N3O. The minimum Gasteiger partial charge on any atom is -0.328 e. The topological polar surface area (TPSA) is 58.4 Å². The summed E-state index contributed by atoms with van der Waals surface area (Å²) >= 11 is 0. The van der Waals surface area contributed by atoms with Crippen LogP contribution in [0.5, 0.6) is 0 Å². The van der Waals surface area contributed by atoms with Gasteiger partial charge in [-0.05, 0) is 31.4 Å². The third kappa shape index (κ3) is 3.73. The molecule has 112 valence electrons. The summed E-state index contributed by atoms with van der Waals surface area (Å²) in [4.78, 5) is 14.5. The van der Waals surface area contributed by atoms with Gasteiger partial charge in [0.2, 0.25) is 0 Å². The van der Waals surface area contributed by atoms with Gasteiger partial charge in [0.25, 0.3) is 0 Å². The van der Waals surface area contributed by atoms with E-state index in [1.54, 1.807) is 0 Å². The van der Waals surface area contributed by atoms with Crippen LogP contribution in [-0.2, 0) is 0 Å². The molecule has 20 heavy (non-hydrogen) atoms. The van der Waals surface area contributed by atoms with Gasteiger partial charge in [-0.2, -0.15) is 0 Å². The van der Waals surface area contributed by atoms with Gasteiger partial charge in [-0.15, -0.1) is 0 Å². The highest BCUT2D eigenvalue weighted by atomic mass is 16.2. The van der Waals surface area contributed by atoms with Gasteiger partial charge < -0.3 is 16.0 Å². The lowest BCUT2D eigenvalue weighted by Crippen LogP contribution is -2.57. The second-order valence-electron chi connectivity index (χ2n) is 5.08. The first-order valence-corrected chi connectivity index (χ1v) is 7.47. The molecule has 1 aromatic rings. The molecule has 0 heterocycles. The number of nitrogens with one attached hydrogen (secondary N) is 1. The average Bonchev–Trinajstić information content (AvgIpc) is 2.49. The van der Waals surface area contributed by atoms with Crippen LogP contribution in [0.25, 0.3) is 0 Å². The first-order chi connectivity index (χ1) is 9.63. The molecular weight excluding hydrogens is 250 g/mol. The van der Waals surface area contributed by atoms with E-state index < -0.39 is 0 Å². The number of anilines is 1. The van der Waals surface area contributed by atoms with Gasteiger partial charge in [0, 0.05) is 18.8 Å². The lowest BCUT2D eigenvalue weighted by atomic mass is 9.90. The van der Waals surface area contributed by atoms with Crippen LogP contribution in [-0.4, -0.2) is 29.6 Å². The Bertz CT molecular complexity index is 393. The number of benzene rings is 1. The van der Waals surface area contributed by atoms with Crippen molar-refractivity contribution in [2.24, 2.45) is 5.73 Å². The van der Waals surface area contributed by atoms with Crippen molar-refractivity contribution in [2.45, 2.75) is 45.6 Å². The Morgan fingerprint density at radius 3 is 2.25 bits per heavy atom. The monoisotopic (exact) mass is 277 g/mol. The molecule has 0 atom stereocenters. The molecule has 0 saturated heterocycles. The number of rotatable bonds is 7. The highest BCUT2D eigenvalue weighted by Crippen LogP contribution is 2.24. The van der Waals surface area contributed by atoms with Crippen molar-refractivity contribution >= 4 is 11.7 Å². The average molecular weight is 277 g/mol. The van der Waals surface area contributed by atoms with Crippen molar-refractivity contribution in [1.29, 1.82) is 0 Å². The molecule has 0 aliphatic rings. The van der Waals surface area contributed by atoms with Gasteiger partial charge in [0.15, 0.2) is 0 Å². The smallest absolute Gasteiger partial charge is 0.322 e. The summed E-state index contributed by atoms with van der Waals surface area (Å²) in [5.74, 6) is 0. The number of carbonyl (C=O) groups is 1. The van der Waals surface area contributed by atoms with Crippen molar-refractivity contribution in [3.05, 3.63) is 30.3 Å². The van der Waals surface area contributed by atoms with Crippen LogP contribution in [0.2, 0.25) is 0 Å². The van der Waals surface area contributed by atoms with Crippen LogP contribution >= 0.6 is 0 Å². The molecule has 0 aliphatic heterocycles. The molecule has 0 aliphatic carbocycles. The molecule has 4 nitrogen and oxygen atoms in total. The van der Waals surface area contributed by atoms with Gasteiger partial charge in [0.05, 0.1) is 5.54 Å². The van der Waals surface area contributed by atoms with Crippen LogP contribution in [0.4, 0.5) is 10.5 Å². The first-order valence-electron chi connectivity index (χ1n) is 7.47. The van der Waals surface area contributed by atoms with Crippen molar-refractivity contribution in [1.82, 2.24) is 4.90 Å². The molecule has 0 aromatic heterocycles. The van der Waals surface area contributed by atoms with E-state index in [0.717, 1.165) is 31.5 Å². The van der Waals surface area contributed by atoms with Crippen LogP contribution < -0.4 is 11.1 Å². The lowest BCUT2D eigenvalue weighted by Gasteiger charge is -2.42. The predicted octanol–water partition coefficient (Wildman–Crippen LogP) is 3.45. The maximum absolute atomic E-state index is 12.6. The Hall–Kier alpha value is -1.55. The van der Waals surface area contributed by atoms with E-state index in [2.05, 4.69) is 26.1 Å². The second-order valence-corrected chi connectivity index (χ2v) is 5.08. The summed E-state index contributed by atoms with van der Waals surface area (Å²) < 4.78 is 0. The summed E-state index contributed by atoms with van der Waals surface area (Å²) in [6, 6.07) is 9.48. The number of para-hydroxylation sites is 1. The summed E-state index contributed by atoms with van der Waals surface area (Å²) in [5.41, 5.74) is 6.53. The lowest BCUT2D eigenvalue weighted by molar-refractivity contribution is 0.118. The third-order valence-electron chi connectivity index (χ3n) is 3.99. The molecule has 4 heteroatoms. The number of hydrogen-bond acceptors (Lipinski definition) is 2. The fourth-order valence-electron chi connectivity index (χ4n) is 2.52. The van der Waals surface area contributed by atoms with Crippen molar-refractivity contribution in [2.75, 3.05) is 18.4 Å². The summed E-state index contributed by atoms with van der Waals surface area (Å²) in [7, 11) is 0. The largest absolute Gasteiger partial charge is 0.328 e. The molecule has 0 radical (unpaired) electrons. The van der Waals surface area contributed by atoms with Gasteiger partial charge in [-0.3, -0.25) is 0 Å². The van der Waals surface area contributed by atoms with Crippen LogP contribution in [0, 0.1) is 0 Å². The molecule has 0 spiro atoms. The first kappa shape index (κ1) is 16.5. The van der Waals surface area contributed by atoms with E-state index in [9.17, 15) is 4.79 Å². The molecule has 2 amide bonds. The molecule has 1 aromatic carbocycles. The van der Waals surface area contributed by atoms with E-state index in [1.807, 2.05) is 35.2 Å². The Balaban J connectivity index is 2.92. The van der Waals surface area contributed by atoms with Gasteiger partial charge in [-0.25, -0.2) is 4.79 Å². The van der Waals surface area contributed by atoms with E-state index in [4.69, 9.17) is 5.73 Å². The summed E-state index contributed by atoms with van der Waals surface area (Å²) in [5, 5.41) is 2.97. The van der Waals surface area contributed by atoms with Gasteiger partial charge in [0.1, 0.15) is 0 Å². The normalized spacial score (nSPS) is 11.2. The number of hydrogen-bond donors (Lipinski definition) is 2. The van der Waals surface area contributed by atoms with Crippen molar-refractivity contribution < 1.29 is 4.79 Å². The minimum atomic E-state index is -0.255. The SMILES string of the molecule is CCCN(C(=O)Nc1ccccc1)C(CC)(CC)CN. The minimum absolute atomic E-state index is 0.0628. The molecule has 0 bridgehead atoms. The Morgan fingerprint density at radius 2 is 1.80 bits per heavy atom. The van der Waals surface area contributed by atoms with Crippen molar-refractivity contribution in [3.63, 3.8) is 0 Å². The fourth-order valence-corrected chi connectivity index (χ4v) is 2.52. The van der Waals surface area contributed by atoms with E-state index >= 15 is 0 Å². The molecule has 0 saturated carbocycles. The number of nitrogens with two attached hydrogens (primary N) is 1. The highest BCUT2D eigenvalue weighted by Gasteiger charge is 2.35. The number of nitrogens with zero attached hydrogens (tertiary/aromatic N) is 1. The van der Waals surface area contributed by atoms with Crippen LogP contribution in [0.15, 0.2) is 30.3 Å². The molecule has 3 N–H and O–H groups in total. The number of carbonyl (C=O) groups excluding carboxylic acids is 1. The molecule has 0 unspecified atom stereocenters. The fraction of sp³-hybridized carbons (Fsp3) is 0.562. The van der Waals surface area contributed by atoms with E-state index in [0.29, 0.717) is 6.54 Å². The summed E-state index contributed by atoms with van der Waals surface area (Å²) in [6.07, 6.45) is 2.65. The van der Waals surface area contributed by atoms with Crippen LogP contribution in [0.1, 0.15) is 40.0 Å². The van der Waals surface area contributed by atoms with Gasteiger partial charge in [-0.1, -0.05) is 39.0 Å².